The normalized spacial score (nSPS) is 10.8. The Kier molecular flexibility index (Phi) is 4.08. The van der Waals surface area contributed by atoms with Gasteiger partial charge in [-0.2, -0.15) is 5.10 Å². The molecule has 0 radical (unpaired) electrons. The molecule has 0 atom stereocenters. The second-order valence-corrected chi connectivity index (χ2v) is 4.83. The summed E-state index contributed by atoms with van der Waals surface area (Å²) in [7, 11) is 0. The lowest BCUT2D eigenvalue weighted by molar-refractivity contribution is 0.0526. The average molecular weight is 273 g/mol. The number of nitrogens with zero attached hydrogens (tertiary/aromatic N) is 2. The van der Waals surface area contributed by atoms with E-state index in [0.717, 1.165) is 11.4 Å². The van der Waals surface area contributed by atoms with Gasteiger partial charge in [0.2, 0.25) is 0 Å². The number of carbonyl (C=O) groups is 1. The van der Waals surface area contributed by atoms with Gasteiger partial charge in [-0.15, -0.1) is 0 Å². The highest BCUT2D eigenvalue weighted by atomic mass is 16.5. The van der Waals surface area contributed by atoms with Crippen LogP contribution in [-0.4, -0.2) is 22.4 Å². The SMILES string of the molecule is CCOC(=O)c1ccc(-n2ccc(C(C)C)n2)c(N)c1. The highest BCUT2D eigenvalue weighted by Crippen LogP contribution is 2.20. The van der Waals surface area contributed by atoms with Crippen molar-refractivity contribution in [3.63, 3.8) is 0 Å². The fourth-order valence-corrected chi connectivity index (χ4v) is 1.88. The molecule has 5 heteroatoms. The van der Waals surface area contributed by atoms with Gasteiger partial charge in [0.05, 0.1) is 29.2 Å². The number of nitrogens with two attached hydrogens (primary N) is 1. The lowest BCUT2D eigenvalue weighted by atomic mass is 10.1. The van der Waals surface area contributed by atoms with E-state index in [-0.39, 0.29) is 5.97 Å². The van der Waals surface area contributed by atoms with E-state index in [1.54, 1.807) is 29.8 Å². The summed E-state index contributed by atoms with van der Waals surface area (Å²) in [5.41, 5.74) is 8.70. The van der Waals surface area contributed by atoms with Crippen molar-refractivity contribution in [2.75, 3.05) is 12.3 Å². The molecule has 0 saturated heterocycles. The van der Waals surface area contributed by atoms with Gasteiger partial charge in [0.15, 0.2) is 0 Å². The van der Waals surface area contributed by atoms with Crippen molar-refractivity contribution >= 4 is 11.7 Å². The summed E-state index contributed by atoms with van der Waals surface area (Å²) in [5, 5.41) is 4.47. The van der Waals surface area contributed by atoms with Crippen molar-refractivity contribution in [2.45, 2.75) is 26.7 Å². The maximum atomic E-state index is 11.6. The Balaban J connectivity index is 2.31. The number of esters is 1. The van der Waals surface area contributed by atoms with Gasteiger partial charge in [-0.25, -0.2) is 9.48 Å². The Labute approximate surface area is 118 Å². The van der Waals surface area contributed by atoms with Crippen LogP contribution in [0.15, 0.2) is 30.5 Å². The largest absolute Gasteiger partial charge is 0.462 e. The van der Waals surface area contributed by atoms with Gasteiger partial charge in [0.1, 0.15) is 0 Å². The first-order valence-electron chi connectivity index (χ1n) is 6.65. The third-order valence-corrected chi connectivity index (χ3v) is 2.99. The third-order valence-electron chi connectivity index (χ3n) is 2.99. The topological polar surface area (TPSA) is 70.1 Å². The summed E-state index contributed by atoms with van der Waals surface area (Å²) in [6.07, 6.45) is 1.87. The van der Waals surface area contributed by atoms with Crippen molar-refractivity contribution in [1.82, 2.24) is 9.78 Å². The van der Waals surface area contributed by atoms with E-state index < -0.39 is 0 Å². The summed E-state index contributed by atoms with van der Waals surface area (Å²) >= 11 is 0. The van der Waals surface area contributed by atoms with Gasteiger partial charge in [0, 0.05) is 6.20 Å². The second kappa shape index (κ2) is 5.77. The first kappa shape index (κ1) is 14.1. The molecule has 2 aromatic rings. The Hall–Kier alpha value is -2.30. The van der Waals surface area contributed by atoms with Gasteiger partial charge in [-0.3, -0.25) is 0 Å². The predicted molar refractivity (Wildman–Crippen MR) is 78.0 cm³/mol. The summed E-state index contributed by atoms with van der Waals surface area (Å²) in [6.45, 7) is 6.28. The van der Waals surface area contributed by atoms with E-state index in [1.165, 1.54) is 0 Å². The molecule has 0 spiro atoms. The number of nitrogen functional groups attached to an aromatic ring is 1. The first-order valence-corrected chi connectivity index (χ1v) is 6.65. The molecule has 0 amide bonds. The van der Waals surface area contributed by atoms with Crippen LogP contribution in [0.5, 0.6) is 0 Å². The molecule has 2 N–H and O–H groups in total. The molecule has 1 heterocycles. The van der Waals surface area contributed by atoms with E-state index >= 15 is 0 Å². The van der Waals surface area contributed by atoms with E-state index in [1.807, 2.05) is 12.3 Å². The summed E-state index contributed by atoms with van der Waals surface area (Å²) in [6, 6.07) is 7.05. The number of benzene rings is 1. The van der Waals surface area contributed by atoms with Crippen molar-refractivity contribution in [3.05, 3.63) is 41.7 Å². The smallest absolute Gasteiger partial charge is 0.338 e. The molecule has 0 bridgehead atoms. The van der Waals surface area contributed by atoms with Gasteiger partial charge in [-0.1, -0.05) is 13.8 Å². The molecule has 0 saturated carbocycles. The van der Waals surface area contributed by atoms with E-state index in [2.05, 4.69) is 18.9 Å². The summed E-state index contributed by atoms with van der Waals surface area (Å²) in [4.78, 5) is 11.6. The van der Waals surface area contributed by atoms with Gasteiger partial charge in [0.25, 0.3) is 0 Å². The average Bonchev–Trinajstić information content (AvgIpc) is 2.88. The quantitative estimate of drug-likeness (QED) is 0.687. The van der Waals surface area contributed by atoms with Crippen molar-refractivity contribution in [3.8, 4) is 5.69 Å². The fraction of sp³-hybridized carbons (Fsp3) is 0.333. The fourth-order valence-electron chi connectivity index (χ4n) is 1.88. The van der Waals surface area contributed by atoms with Crippen molar-refractivity contribution in [2.24, 2.45) is 0 Å². The van der Waals surface area contributed by atoms with Crippen LogP contribution in [0.2, 0.25) is 0 Å². The molecule has 2 rings (SSSR count). The monoisotopic (exact) mass is 273 g/mol. The highest BCUT2D eigenvalue weighted by molar-refractivity contribution is 5.91. The van der Waals surface area contributed by atoms with Gasteiger partial charge < -0.3 is 10.5 Å². The standard InChI is InChI=1S/C15H19N3O2/c1-4-20-15(19)11-5-6-14(12(16)9-11)18-8-7-13(17-18)10(2)3/h5-10H,4,16H2,1-3H3. The maximum Gasteiger partial charge on any atom is 0.338 e. The lowest BCUT2D eigenvalue weighted by Gasteiger charge is -2.08. The van der Waals surface area contributed by atoms with Crippen LogP contribution >= 0.6 is 0 Å². The molecule has 1 aromatic carbocycles. The van der Waals surface area contributed by atoms with Crippen LogP contribution in [0.4, 0.5) is 5.69 Å². The molecular weight excluding hydrogens is 254 g/mol. The zero-order valence-corrected chi connectivity index (χ0v) is 12.0. The van der Waals surface area contributed by atoms with Gasteiger partial charge >= 0.3 is 5.97 Å². The van der Waals surface area contributed by atoms with E-state index in [4.69, 9.17) is 10.5 Å². The zero-order valence-electron chi connectivity index (χ0n) is 12.0. The zero-order chi connectivity index (χ0) is 14.7. The number of hydrogen-bond acceptors (Lipinski definition) is 4. The minimum atomic E-state index is -0.367. The molecule has 106 valence electrons. The first-order chi connectivity index (χ1) is 9.52. The third kappa shape index (κ3) is 2.82. The minimum absolute atomic E-state index is 0.345. The van der Waals surface area contributed by atoms with Gasteiger partial charge in [-0.05, 0) is 37.1 Å². The molecular formula is C15H19N3O2. The molecule has 0 aliphatic rings. The molecule has 5 nitrogen and oxygen atoms in total. The Morgan fingerprint density at radius 1 is 1.40 bits per heavy atom. The Morgan fingerprint density at radius 2 is 2.15 bits per heavy atom. The lowest BCUT2D eigenvalue weighted by Crippen LogP contribution is -2.07. The number of carbonyl (C=O) groups excluding carboxylic acids is 1. The van der Waals surface area contributed by atoms with E-state index in [0.29, 0.717) is 23.8 Å². The van der Waals surface area contributed by atoms with Crippen LogP contribution < -0.4 is 5.73 Å². The van der Waals surface area contributed by atoms with Crippen LogP contribution in [0.1, 0.15) is 42.7 Å². The number of hydrogen-bond donors (Lipinski definition) is 1. The number of ether oxygens (including phenoxy) is 1. The number of rotatable bonds is 4. The molecule has 0 unspecified atom stereocenters. The van der Waals surface area contributed by atoms with Crippen LogP contribution in [0, 0.1) is 0 Å². The highest BCUT2D eigenvalue weighted by Gasteiger charge is 2.11. The number of anilines is 1. The Bertz CT molecular complexity index is 617. The van der Waals surface area contributed by atoms with Crippen LogP contribution in [-0.2, 0) is 4.74 Å². The predicted octanol–water partition coefficient (Wildman–Crippen LogP) is 2.75. The maximum absolute atomic E-state index is 11.6. The van der Waals surface area contributed by atoms with Crippen LogP contribution in [0.25, 0.3) is 5.69 Å². The minimum Gasteiger partial charge on any atom is -0.462 e. The Morgan fingerprint density at radius 3 is 2.70 bits per heavy atom. The second-order valence-electron chi connectivity index (χ2n) is 4.83. The summed E-state index contributed by atoms with van der Waals surface area (Å²) in [5.74, 6) is -0.00892. The molecule has 0 fully saturated rings. The molecule has 20 heavy (non-hydrogen) atoms. The van der Waals surface area contributed by atoms with Crippen molar-refractivity contribution < 1.29 is 9.53 Å². The summed E-state index contributed by atoms with van der Waals surface area (Å²) < 4.78 is 6.67. The molecule has 1 aromatic heterocycles. The van der Waals surface area contributed by atoms with Crippen LogP contribution in [0.3, 0.4) is 0 Å². The number of aromatic nitrogens is 2. The van der Waals surface area contributed by atoms with E-state index in [9.17, 15) is 4.79 Å². The molecule has 0 aliphatic heterocycles. The van der Waals surface area contributed by atoms with Crippen molar-refractivity contribution in [1.29, 1.82) is 0 Å². The molecule has 0 aliphatic carbocycles.